The summed E-state index contributed by atoms with van der Waals surface area (Å²) in [5.41, 5.74) is 2.18. The Kier molecular flexibility index (Phi) is 3.60. The van der Waals surface area contributed by atoms with Crippen molar-refractivity contribution in [1.82, 2.24) is 0 Å². The van der Waals surface area contributed by atoms with Gasteiger partial charge in [-0.25, -0.2) is 8.78 Å². The second-order valence-electron chi connectivity index (χ2n) is 4.03. The van der Waals surface area contributed by atoms with Gasteiger partial charge in [0.2, 0.25) is 0 Å². The van der Waals surface area contributed by atoms with E-state index in [4.69, 9.17) is 23.2 Å². The van der Waals surface area contributed by atoms with E-state index in [0.717, 1.165) is 0 Å². The lowest BCUT2D eigenvalue weighted by molar-refractivity contribution is 0.618. The predicted molar refractivity (Wildman–Crippen MR) is 70.1 cm³/mol. The molecule has 0 nitrogen and oxygen atoms in total. The predicted octanol–water partition coefficient (Wildman–Crippen LogP) is 5.36. The zero-order valence-electron chi connectivity index (χ0n) is 9.74. The highest BCUT2D eigenvalue weighted by molar-refractivity contribution is 6.34. The van der Waals surface area contributed by atoms with Crippen LogP contribution in [0.2, 0.25) is 10.0 Å². The van der Waals surface area contributed by atoms with Crippen LogP contribution in [-0.2, 0) is 0 Å². The maximum absolute atomic E-state index is 13.3. The van der Waals surface area contributed by atoms with Crippen molar-refractivity contribution in [1.29, 1.82) is 0 Å². The van der Waals surface area contributed by atoms with Crippen LogP contribution in [0.15, 0.2) is 18.2 Å². The molecule has 0 aliphatic rings. The summed E-state index contributed by atoms with van der Waals surface area (Å²) in [4.78, 5) is 0. The Morgan fingerprint density at radius 1 is 1.06 bits per heavy atom. The average molecular weight is 286 g/mol. The van der Waals surface area contributed by atoms with Crippen LogP contribution in [0.25, 0.3) is 11.1 Å². The molecule has 18 heavy (non-hydrogen) atoms. The third kappa shape index (κ3) is 2.23. The maximum Gasteiger partial charge on any atom is 0.142 e. The Hall–Kier alpha value is -1.12. The third-order valence-electron chi connectivity index (χ3n) is 2.79. The van der Waals surface area contributed by atoms with Gasteiger partial charge >= 0.3 is 0 Å². The minimum absolute atomic E-state index is 0.00189. The number of hydrogen-bond donors (Lipinski definition) is 0. The van der Waals surface area contributed by atoms with Crippen molar-refractivity contribution in [2.45, 2.75) is 13.8 Å². The largest absolute Gasteiger partial charge is 0.207 e. The minimum atomic E-state index is -0.493. The number of rotatable bonds is 1. The Morgan fingerprint density at radius 3 is 2.39 bits per heavy atom. The van der Waals surface area contributed by atoms with E-state index in [1.165, 1.54) is 18.2 Å². The lowest BCUT2D eigenvalue weighted by atomic mass is 9.98. The van der Waals surface area contributed by atoms with Gasteiger partial charge < -0.3 is 0 Å². The van der Waals surface area contributed by atoms with Gasteiger partial charge in [-0.1, -0.05) is 23.2 Å². The average Bonchev–Trinajstić information content (AvgIpc) is 2.32. The highest BCUT2D eigenvalue weighted by Gasteiger charge is 2.14. The molecule has 93 valence electrons. The van der Waals surface area contributed by atoms with E-state index < -0.39 is 11.6 Å². The van der Waals surface area contributed by atoms with E-state index in [-0.39, 0.29) is 10.0 Å². The molecule has 0 heterocycles. The second kappa shape index (κ2) is 4.87. The topological polar surface area (TPSA) is 0 Å². The van der Waals surface area contributed by atoms with Crippen LogP contribution in [0.4, 0.5) is 8.78 Å². The molecule has 0 bridgehead atoms. The van der Waals surface area contributed by atoms with Crippen molar-refractivity contribution in [2.24, 2.45) is 0 Å². The van der Waals surface area contributed by atoms with Crippen LogP contribution in [-0.4, -0.2) is 0 Å². The Balaban J connectivity index is 2.70. The molecule has 0 atom stereocenters. The summed E-state index contributed by atoms with van der Waals surface area (Å²) in [6.45, 7) is 3.31. The molecule has 0 aromatic heterocycles. The maximum atomic E-state index is 13.3. The van der Waals surface area contributed by atoms with Crippen molar-refractivity contribution >= 4 is 23.2 Å². The van der Waals surface area contributed by atoms with Crippen LogP contribution < -0.4 is 0 Å². The fraction of sp³-hybridized carbons (Fsp3) is 0.143. The Morgan fingerprint density at radius 2 is 1.72 bits per heavy atom. The standard InChI is InChI=1S/C14H9Cl2F2/c1-7-5-13(18)11(15)6-10(7)9-3-4-12(17)8(2)14(9)16/h4-6H,1-2H3. The van der Waals surface area contributed by atoms with Gasteiger partial charge in [0, 0.05) is 11.1 Å². The fourth-order valence-electron chi connectivity index (χ4n) is 1.71. The Bertz CT molecular complexity index is 622. The molecule has 1 radical (unpaired) electrons. The summed E-state index contributed by atoms with van der Waals surface area (Å²) < 4.78 is 26.6. The lowest BCUT2D eigenvalue weighted by Gasteiger charge is -2.11. The summed E-state index contributed by atoms with van der Waals surface area (Å²) in [7, 11) is 0. The number of hydrogen-bond acceptors (Lipinski definition) is 0. The monoisotopic (exact) mass is 285 g/mol. The highest BCUT2D eigenvalue weighted by atomic mass is 35.5. The van der Waals surface area contributed by atoms with Gasteiger partial charge in [0.05, 0.1) is 10.0 Å². The van der Waals surface area contributed by atoms with Crippen molar-refractivity contribution < 1.29 is 8.78 Å². The first-order valence-electron chi connectivity index (χ1n) is 5.24. The first-order chi connectivity index (χ1) is 8.41. The third-order valence-corrected chi connectivity index (χ3v) is 3.55. The molecule has 2 aromatic rings. The van der Waals surface area contributed by atoms with Crippen LogP contribution in [0.1, 0.15) is 11.1 Å². The van der Waals surface area contributed by atoms with E-state index in [2.05, 4.69) is 6.07 Å². The lowest BCUT2D eigenvalue weighted by Crippen LogP contribution is -1.92. The summed E-state index contributed by atoms with van der Waals surface area (Å²) in [5.74, 6) is -0.914. The molecule has 2 rings (SSSR count). The van der Waals surface area contributed by atoms with Crippen LogP contribution >= 0.6 is 23.2 Å². The zero-order valence-corrected chi connectivity index (χ0v) is 11.3. The molecule has 0 saturated carbocycles. The van der Waals surface area contributed by atoms with Crippen molar-refractivity contribution in [3.8, 4) is 11.1 Å². The van der Waals surface area contributed by atoms with E-state index >= 15 is 0 Å². The second-order valence-corrected chi connectivity index (χ2v) is 4.82. The van der Waals surface area contributed by atoms with Gasteiger partial charge in [0.15, 0.2) is 0 Å². The van der Waals surface area contributed by atoms with Gasteiger partial charge in [-0.3, -0.25) is 0 Å². The molecular weight excluding hydrogens is 277 g/mol. The highest BCUT2D eigenvalue weighted by Crippen LogP contribution is 2.35. The summed E-state index contributed by atoms with van der Waals surface area (Å²) >= 11 is 11.8. The van der Waals surface area contributed by atoms with Crippen LogP contribution in [0, 0.1) is 31.5 Å². The molecule has 0 aliphatic carbocycles. The van der Waals surface area contributed by atoms with Crippen molar-refractivity contribution in [3.63, 3.8) is 0 Å². The molecule has 0 N–H and O–H groups in total. The first-order valence-corrected chi connectivity index (χ1v) is 5.99. The van der Waals surface area contributed by atoms with Gasteiger partial charge in [-0.15, -0.1) is 0 Å². The molecule has 0 aliphatic heterocycles. The van der Waals surface area contributed by atoms with Gasteiger partial charge in [-0.05, 0) is 49.2 Å². The van der Waals surface area contributed by atoms with Gasteiger partial charge in [0.1, 0.15) is 11.6 Å². The van der Waals surface area contributed by atoms with E-state index in [9.17, 15) is 8.78 Å². The van der Waals surface area contributed by atoms with Crippen molar-refractivity contribution in [2.75, 3.05) is 0 Å². The summed E-state index contributed by atoms with van der Waals surface area (Å²) in [6, 6.07) is 6.77. The molecule has 0 amide bonds. The summed E-state index contributed by atoms with van der Waals surface area (Å²) in [6.07, 6.45) is 0. The van der Waals surface area contributed by atoms with Gasteiger partial charge in [0.25, 0.3) is 0 Å². The molecular formula is C14H9Cl2F2. The molecule has 4 heteroatoms. The molecule has 0 saturated heterocycles. The first kappa shape index (κ1) is 13.3. The molecule has 0 unspecified atom stereocenters. The quantitative estimate of drug-likeness (QED) is 0.662. The molecule has 0 fully saturated rings. The van der Waals surface area contributed by atoms with E-state index in [1.54, 1.807) is 13.8 Å². The van der Waals surface area contributed by atoms with E-state index in [0.29, 0.717) is 22.3 Å². The normalized spacial score (nSPS) is 10.8. The smallest absolute Gasteiger partial charge is 0.142 e. The fourth-order valence-corrected chi connectivity index (χ4v) is 2.12. The molecule has 0 spiro atoms. The zero-order chi connectivity index (χ0) is 13.4. The minimum Gasteiger partial charge on any atom is -0.207 e. The van der Waals surface area contributed by atoms with E-state index in [1.807, 2.05) is 0 Å². The number of halogens is 4. The number of aryl methyl sites for hydroxylation is 1. The Labute approximate surface area is 114 Å². The van der Waals surface area contributed by atoms with Crippen LogP contribution in [0.3, 0.4) is 0 Å². The van der Waals surface area contributed by atoms with Gasteiger partial charge in [-0.2, -0.15) is 0 Å². The SMILES string of the molecule is Cc1cc(F)c(Cl)cc1-c1[c]cc(F)c(C)c1Cl. The summed E-state index contributed by atoms with van der Waals surface area (Å²) in [5, 5.41) is 0.266. The van der Waals surface area contributed by atoms with Crippen LogP contribution in [0.5, 0.6) is 0 Å². The molecule has 2 aromatic carbocycles. The number of benzene rings is 2. The van der Waals surface area contributed by atoms with Crippen molar-refractivity contribution in [3.05, 3.63) is 57.1 Å².